The third-order valence-electron chi connectivity index (χ3n) is 9.22. The standard InChI is InChI=1S/C20H22F3N3O4S.C14H26N2/c1-12-8-18(26(24-12)15-6-4-14(5-7-15)20(21,22)23)25-10-16(9-17(25)19(27)28)31(29,30)11-13-2-3-13;1-2-3-4-5-6-7-8-9-12-16-14(13-15)10-11-14/h4-8,13,16-17H,2-3,9-11H2,1H3,(H,27,28);16H,2-12H2,1H3/t16-,17+;/m1./s1. The maximum absolute atomic E-state index is 12.9. The molecule has 2 aliphatic carbocycles. The second-order valence-electron chi connectivity index (χ2n) is 13.3. The van der Waals surface area contributed by atoms with E-state index in [1.54, 1.807) is 13.0 Å². The van der Waals surface area contributed by atoms with Gasteiger partial charge in [0.2, 0.25) is 0 Å². The molecule has 2 N–H and O–H groups in total. The summed E-state index contributed by atoms with van der Waals surface area (Å²) in [5, 5.41) is 25.5. The summed E-state index contributed by atoms with van der Waals surface area (Å²) in [6.45, 7) is 4.96. The van der Waals surface area contributed by atoms with Crippen LogP contribution >= 0.6 is 0 Å². The summed E-state index contributed by atoms with van der Waals surface area (Å²) in [6.07, 6.45) is 10.2. The second-order valence-corrected chi connectivity index (χ2v) is 15.7. The highest BCUT2D eigenvalue weighted by Gasteiger charge is 2.45. The van der Waals surface area contributed by atoms with Gasteiger partial charge in [-0.2, -0.15) is 23.5 Å². The summed E-state index contributed by atoms with van der Waals surface area (Å²) in [5.74, 6) is -0.590. The van der Waals surface area contributed by atoms with E-state index in [9.17, 15) is 31.5 Å². The number of sulfone groups is 1. The Kier molecular flexibility index (Phi) is 12.4. The summed E-state index contributed by atoms with van der Waals surface area (Å²) in [7, 11) is -3.46. The first-order valence-electron chi connectivity index (χ1n) is 16.9. The number of aromatic nitrogens is 2. The molecule has 2 heterocycles. The molecule has 3 fully saturated rings. The van der Waals surface area contributed by atoms with Crippen molar-refractivity contribution in [3.05, 3.63) is 41.6 Å². The number of hydrogen-bond donors (Lipinski definition) is 2. The van der Waals surface area contributed by atoms with E-state index in [1.807, 2.05) is 0 Å². The van der Waals surface area contributed by atoms with Crippen LogP contribution in [0.25, 0.3) is 5.69 Å². The van der Waals surface area contributed by atoms with Gasteiger partial charge in [-0.15, -0.1) is 0 Å². The van der Waals surface area contributed by atoms with Crippen molar-refractivity contribution in [2.45, 2.75) is 120 Å². The number of carboxylic acid groups (broad SMARTS) is 1. The molecule has 1 aliphatic heterocycles. The first kappa shape index (κ1) is 36.7. The van der Waals surface area contributed by atoms with Crippen molar-refractivity contribution in [3.63, 3.8) is 0 Å². The molecule has 47 heavy (non-hydrogen) atoms. The number of nitriles is 1. The Morgan fingerprint density at radius 3 is 2.23 bits per heavy atom. The molecule has 2 saturated carbocycles. The van der Waals surface area contributed by atoms with Crippen molar-refractivity contribution < 1.29 is 31.5 Å². The molecule has 13 heteroatoms. The van der Waals surface area contributed by atoms with Crippen LogP contribution in [0.2, 0.25) is 0 Å². The minimum absolute atomic E-state index is 0.00219. The van der Waals surface area contributed by atoms with Crippen LogP contribution in [0.4, 0.5) is 19.0 Å². The number of anilines is 1. The monoisotopic (exact) mass is 679 g/mol. The lowest BCUT2D eigenvalue weighted by Crippen LogP contribution is -2.37. The van der Waals surface area contributed by atoms with Crippen LogP contribution < -0.4 is 10.2 Å². The Morgan fingerprint density at radius 2 is 1.70 bits per heavy atom. The molecule has 3 aliphatic rings. The molecule has 2 aromatic rings. The van der Waals surface area contributed by atoms with Crippen molar-refractivity contribution in [2.75, 3.05) is 23.7 Å². The Labute approximate surface area is 276 Å². The topological polar surface area (TPSA) is 128 Å². The molecule has 0 bridgehead atoms. The van der Waals surface area contributed by atoms with E-state index >= 15 is 0 Å². The zero-order valence-electron chi connectivity index (χ0n) is 27.4. The summed E-state index contributed by atoms with van der Waals surface area (Å²) in [5.41, 5.74) is -0.0634. The summed E-state index contributed by atoms with van der Waals surface area (Å²) < 4.78 is 65.6. The molecular weight excluding hydrogens is 631 g/mol. The Hall–Kier alpha value is -3.11. The molecular formula is C34H48F3N5O4S. The average Bonchev–Trinajstić information content (AvgIpc) is 3.91. The fraction of sp³-hybridized carbons (Fsp3) is 0.676. The number of benzene rings is 1. The number of halogens is 3. The number of alkyl halides is 3. The first-order valence-corrected chi connectivity index (χ1v) is 18.6. The summed E-state index contributed by atoms with van der Waals surface area (Å²) in [6, 6.07) is 7.28. The van der Waals surface area contributed by atoms with Crippen LogP contribution in [0.1, 0.15) is 102 Å². The highest BCUT2D eigenvalue weighted by molar-refractivity contribution is 7.92. The first-order chi connectivity index (χ1) is 22.3. The Morgan fingerprint density at radius 1 is 1.09 bits per heavy atom. The van der Waals surface area contributed by atoms with Gasteiger partial charge in [0.15, 0.2) is 9.84 Å². The third-order valence-corrected chi connectivity index (χ3v) is 11.5. The lowest BCUT2D eigenvalue weighted by atomic mass is 10.1. The van der Waals surface area contributed by atoms with Gasteiger partial charge in [0.25, 0.3) is 0 Å². The quantitative estimate of drug-likeness (QED) is 0.185. The number of rotatable bonds is 16. The Bertz CT molecular complexity index is 1480. The molecule has 0 spiro atoms. The van der Waals surface area contributed by atoms with E-state index in [1.165, 1.54) is 73.1 Å². The molecule has 0 radical (unpaired) electrons. The van der Waals surface area contributed by atoms with Crippen LogP contribution in [0.3, 0.4) is 0 Å². The number of nitrogens with one attached hydrogen (secondary N) is 1. The molecule has 9 nitrogen and oxygen atoms in total. The molecule has 260 valence electrons. The number of aliphatic carboxylic acids is 1. The van der Waals surface area contributed by atoms with Gasteiger partial charge in [0.05, 0.1) is 34.0 Å². The number of nitrogens with zero attached hydrogens (tertiary/aromatic N) is 4. The van der Waals surface area contributed by atoms with E-state index in [0.29, 0.717) is 17.2 Å². The molecule has 1 aromatic carbocycles. The molecule has 0 amide bonds. The SMILES string of the molecule is CCCCCCCCCCNC1(C#N)CC1.Cc1cc(N2C[C@H](S(=O)(=O)CC3CC3)C[C@H]2C(=O)O)n(-c2ccc(C(F)(F)F)cc2)n1. The van der Waals surface area contributed by atoms with Gasteiger partial charge in [-0.3, -0.25) is 5.32 Å². The van der Waals surface area contributed by atoms with Crippen LogP contribution in [-0.4, -0.2) is 64.9 Å². The van der Waals surface area contributed by atoms with Crippen molar-refractivity contribution in [1.82, 2.24) is 15.1 Å². The largest absolute Gasteiger partial charge is 0.480 e. The zero-order valence-corrected chi connectivity index (χ0v) is 28.3. The number of carbonyl (C=O) groups is 1. The number of carboxylic acids is 1. The minimum Gasteiger partial charge on any atom is -0.480 e. The minimum atomic E-state index is -4.48. The van der Waals surface area contributed by atoms with E-state index in [4.69, 9.17) is 5.26 Å². The number of hydrogen-bond acceptors (Lipinski definition) is 7. The molecule has 1 saturated heterocycles. The van der Waals surface area contributed by atoms with Gasteiger partial charge >= 0.3 is 12.1 Å². The van der Waals surface area contributed by atoms with Crippen LogP contribution in [-0.2, 0) is 20.8 Å². The van der Waals surface area contributed by atoms with Gasteiger partial charge in [-0.25, -0.2) is 17.9 Å². The zero-order chi connectivity index (χ0) is 34.2. The Balaban J connectivity index is 0.000000264. The molecule has 5 rings (SSSR count). The maximum atomic E-state index is 12.9. The normalized spacial score (nSPS) is 20.4. The number of aryl methyl sites for hydroxylation is 1. The smallest absolute Gasteiger partial charge is 0.416 e. The lowest BCUT2D eigenvalue weighted by molar-refractivity contribution is -0.138. The van der Waals surface area contributed by atoms with Crippen LogP contribution in [0.5, 0.6) is 0 Å². The van der Waals surface area contributed by atoms with E-state index in [-0.39, 0.29) is 30.2 Å². The van der Waals surface area contributed by atoms with Crippen molar-refractivity contribution in [3.8, 4) is 11.8 Å². The number of unbranched alkanes of at least 4 members (excludes halogenated alkanes) is 7. The third kappa shape index (κ3) is 10.4. The highest BCUT2D eigenvalue weighted by Crippen LogP contribution is 2.37. The fourth-order valence-corrected chi connectivity index (χ4v) is 8.13. The van der Waals surface area contributed by atoms with Crippen molar-refractivity contribution in [2.24, 2.45) is 5.92 Å². The molecule has 2 atom stereocenters. The van der Waals surface area contributed by atoms with Gasteiger partial charge in [0.1, 0.15) is 17.4 Å². The predicted octanol–water partition coefficient (Wildman–Crippen LogP) is 6.83. The van der Waals surface area contributed by atoms with Crippen molar-refractivity contribution >= 4 is 21.6 Å². The predicted molar refractivity (Wildman–Crippen MR) is 175 cm³/mol. The van der Waals surface area contributed by atoms with Gasteiger partial charge in [0, 0.05) is 12.6 Å². The average molecular weight is 680 g/mol. The summed E-state index contributed by atoms with van der Waals surface area (Å²) >= 11 is 0. The highest BCUT2D eigenvalue weighted by atomic mass is 32.2. The van der Waals surface area contributed by atoms with Gasteiger partial charge < -0.3 is 10.0 Å². The fourth-order valence-electron chi connectivity index (χ4n) is 6.01. The van der Waals surface area contributed by atoms with Crippen LogP contribution in [0, 0.1) is 24.2 Å². The maximum Gasteiger partial charge on any atom is 0.416 e. The van der Waals surface area contributed by atoms with Crippen LogP contribution in [0.15, 0.2) is 30.3 Å². The van der Waals surface area contributed by atoms with E-state index < -0.39 is 38.8 Å². The van der Waals surface area contributed by atoms with E-state index in [0.717, 1.165) is 44.4 Å². The van der Waals surface area contributed by atoms with Crippen molar-refractivity contribution in [1.29, 1.82) is 5.26 Å². The summed E-state index contributed by atoms with van der Waals surface area (Å²) in [4.78, 5) is 13.4. The second kappa shape index (κ2) is 15.9. The van der Waals surface area contributed by atoms with Gasteiger partial charge in [-0.05, 0) is 82.2 Å². The van der Waals surface area contributed by atoms with Gasteiger partial charge in [-0.1, -0.05) is 51.9 Å². The molecule has 0 unspecified atom stereocenters. The van der Waals surface area contributed by atoms with E-state index in [2.05, 4.69) is 23.4 Å². The molecule has 1 aromatic heterocycles. The lowest BCUT2D eigenvalue weighted by Gasteiger charge is -2.24.